The van der Waals surface area contributed by atoms with Crippen LogP contribution >= 0.6 is 0 Å². The van der Waals surface area contributed by atoms with Gasteiger partial charge in [0.2, 0.25) is 0 Å². The molecule has 21 heavy (non-hydrogen) atoms. The summed E-state index contributed by atoms with van der Waals surface area (Å²) in [6.45, 7) is 13.5. The van der Waals surface area contributed by atoms with E-state index in [1.165, 1.54) is 11.1 Å². The number of hydrogen-bond acceptors (Lipinski definition) is 3. The molecule has 3 heteroatoms. The maximum absolute atomic E-state index is 8.99. The van der Waals surface area contributed by atoms with Crippen molar-refractivity contribution < 1.29 is 4.74 Å². The zero-order chi connectivity index (χ0) is 16.3. The van der Waals surface area contributed by atoms with Crippen molar-refractivity contribution in [3.63, 3.8) is 0 Å². The number of benzene rings is 1. The average molecular weight is 288 g/mol. The van der Waals surface area contributed by atoms with Gasteiger partial charge in [0.15, 0.2) is 0 Å². The van der Waals surface area contributed by atoms with Gasteiger partial charge in [0.25, 0.3) is 0 Å². The number of hydrogen-bond donors (Lipinski definition) is 1. The van der Waals surface area contributed by atoms with Gasteiger partial charge in [0, 0.05) is 0 Å². The molecule has 0 fully saturated rings. The van der Waals surface area contributed by atoms with Crippen LogP contribution in [-0.2, 0) is 10.8 Å². The molecule has 0 aliphatic heterocycles. The van der Waals surface area contributed by atoms with Crippen LogP contribution in [0.2, 0.25) is 0 Å². The molecule has 0 aliphatic carbocycles. The fraction of sp³-hybridized carbons (Fsp3) is 0.611. The van der Waals surface area contributed by atoms with Gasteiger partial charge in [-0.15, -0.1) is 0 Å². The SMILES string of the molecule is CNC(C#N)COc1ccc(C(C)(C)C)cc1C(C)(C)C. The summed E-state index contributed by atoms with van der Waals surface area (Å²) in [5.41, 5.74) is 2.59. The maximum atomic E-state index is 8.99. The highest BCUT2D eigenvalue weighted by atomic mass is 16.5. The molecule has 0 bridgehead atoms. The first-order chi connectivity index (χ1) is 9.59. The predicted molar refractivity (Wildman–Crippen MR) is 87.8 cm³/mol. The highest BCUT2D eigenvalue weighted by Crippen LogP contribution is 2.35. The zero-order valence-electron chi connectivity index (χ0n) is 14.4. The fourth-order valence-corrected chi connectivity index (χ4v) is 2.07. The van der Waals surface area contributed by atoms with Gasteiger partial charge in [-0.05, 0) is 35.1 Å². The van der Waals surface area contributed by atoms with E-state index in [9.17, 15) is 0 Å². The second-order valence-corrected chi connectivity index (χ2v) is 7.49. The topological polar surface area (TPSA) is 45.0 Å². The van der Waals surface area contributed by atoms with Crippen molar-refractivity contribution in [2.24, 2.45) is 0 Å². The van der Waals surface area contributed by atoms with Crippen molar-refractivity contribution in [3.8, 4) is 11.8 Å². The maximum Gasteiger partial charge on any atom is 0.129 e. The first-order valence-corrected chi connectivity index (χ1v) is 7.44. The summed E-state index contributed by atoms with van der Waals surface area (Å²) in [4.78, 5) is 0. The Labute approximate surface area is 129 Å². The number of ether oxygens (including phenoxy) is 1. The highest BCUT2D eigenvalue weighted by molar-refractivity contribution is 5.43. The Morgan fingerprint density at radius 3 is 2.19 bits per heavy atom. The molecule has 0 aromatic heterocycles. The van der Waals surface area contributed by atoms with Crippen LogP contribution in [0.15, 0.2) is 18.2 Å². The molecule has 1 unspecified atom stereocenters. The Morgan fingerprint density at radius 1 is 1.14 bits per heavy atom. The van der Waals surface area contributed by atoms with Gasteiger partial charge in [-0.25, -0.2) is 0 Å². The fourth-order valence-electron chi connectivity index (χ4n) is 2.07. The van der Waals surface area contributed by atoms with Gasteiger partial charge in [-0.3, -0.25) is 0 Å². The average Bonchev–Trinajstić information content (AvgIpc) is 2.37. The van der Waals surface area contributed by atoms with Gasteiger partial charge in [-0.2, -0.15) is 5.26 Å². The second-order valence-electron chi connectivity index (χ2n) is 7.49. The molecule has 116 valence electrons. The summed E-state index contributed by atoms with van der Waals surface area (Å²) in [6.07, 6.45) is 0. The van der Waals surface area contributed by atoms with Crippen molar-refractivity contribution in [2.45, 2.75) is 58.4 Å². The van der Waals surface area contributed by atoms with E-state index in [1.54, 1.807) is 7.05 Å². The van der Waals surface area contributed by atoms with Crippen molar-refractivity contribution >= 4 is 0 Å². The molecule has 0 amide bonds. The summed E-state index contributed by atoms with van der Waals surface area (Å²) in [5, 5.41) is 11.9. The van der Waals surface area contributed by atoms with Gasteiger partial charge in [-0.1, -0.05) is 53.7 Å². The number of nitrogens with one attached hydrogen (secondary N) is 1. The van der Waals surface area contributed by atoms with Gasteiger partial charge >= 0.3 is 0 Å². The third-order valence-electron chi connectivity index (χ3n) is 3.56. The Morgan fingerprint density at radius 2 is 1.76 bits per heavy atom. The Balaban J connectivity index is 3.12. The highest BCUT2D eigenvalue weighted by Gasteiger charge is 2.23. The lowest BCUT2D eigenvalue weighted by Gasteiger charge is -2.27. The molecule has 0 aliphatic rings. The van der Waals surface area contributed by atoms with Crippen LogP contribution in [0.4, 0.5) is 0 Å². The normalized spacial score (nSPS) is 13.6. The molecular formula is C18H28N2O. The van der Waals surface area contributed by atoms with Gasteiger partial charge < -0.3 is 10.1 Å². The van der Waals surface area contributed by atoms with Crippen LogP contribution in [0.25, 0.3) is 0 Å². The molecule has 1 aromatic rings. The summed E-state index contributed by atoms with van der Waals surface area (Å²) >= 11 is 0. The van der Waals surface area contributed by atoms with E-state index in [-0.39, 0.29) is 16.9 Å². The number of likely N-dealkylation sites (N-methyl/N-ethyl adjacent to an activating group) is 1. The van der Waals surface area contributed by atoms with Crippen LogP contribution < -0.4 is 10.1 Å². The molecule has 0 saturated carbocycles. The third kappa shape index (κ3) is 4.75. The van der Waals surface area contributed by atoms with Crippen LogP contribution in [0.1, 0.15) is 52.7 Å². The van der Waals surface area contributed by atoms with E-state index < -0.39 is 0 Å². The molecule has 1 atom stereocenters. The predicted octanol–water partition coefficient (Wildman–Crippen LogP) is 3.77. The summed E-state index contributed by atoms with van der Waals surface area (Å²) in [5.74, 6) is 0.867. The lowest BCUT2D eigenvalue weighted by atomic mass is 9.80. The molecule has 1 rings (SSSR count). The summed E-state index contributed by atoms with van der Waals surface area (Å²) in [6, 6.07) is 8.27. The van der Waals surface area contributed by atoms with Crippen molar-refractivity contribution in [3.05, 3.63) is 29.3 Å². The Kier molecular flexibility index (Phi) is 5.42. The molecule has 3 nitrogen and oxygen atoms in total. The first kappa shape index (κ1) is 17.5. The van der Waals surface area contributed by atoms with Gasteiger partial charge in [0.05, 0.1) is 6.07 Å². The largest absolute Gasteiger partial charge is 0.491 e. The van der Waals surface area contributed by atoms with Crippen molar-refractivity contribution in [1.29, 1.82) is 5.26 Å². The zero-order valence-corrected chi connectivity index (χ0v) is 14.4. The number of rotatable bonds is 4. The number of nitrogens with zero attached hydrogens (tertiary/aromatic N) is 1. The van der Waals surface area contributed by atoms with Crippen LogP contribution in [0.3, 0.4) is 0 Å². The summed E-state index contributed by atoms with van der Waals surface area (Å²) in [7, 11) is 1.77. The smallest absolute Gasteiger partial charge is 0.129 e. The van der Waals surface area contributed by atoms with E-state index in [1.807, 2.05) is 6.07 Å². The molecule has 0 heterocycles. The van der Waals surface area contributed by atoms with Gasteiger partial charge in [0.1, 0.15) is 18.4 Å². The standard InChI is InChI=1S/C18H28N2O/c1-17(2,3)13-8-9-16(15(10-13)18(4,5)6)21-12-14(11-19)20-7/h8-10,14,20H,12H2,1-7H3. The quantitative estimate of drug-likeness (QED) is 0.917. The Bertz CT molecular complexity index is 515. The second kappa shape index (κ2) is 6.49. The lowest BCUT2D eigenvalue weighted by Crippen LogP contribution is -2.30. The van der Waals surface area contributed by atoms with E-state index in [2.05, 4.69) is 65.1 Å². The van der Waals surface area contributed by atoms with E-state index in [4.69, 9.17) is 10.00 Å². The molecular weight excluding hydrogens is 260 g/mol. The molecule has 0 spiro atoms. The summed E-state index contributed by atoms with van der Waals surface area (Å²) < 4.78 is 5.89. The van der Waals surface area contributed by atoms with Crippen LogP contribution in [0.5, 0.6) is 5.75 Å². The molecule has 1 aromatic carbocycles. The molecule has 0 saturated heterocycles. The Hall–Kier alpha value is -1.53. The van der Waals surface area contributed by atoms with E-state index >= 15 is 0 Å². The van der Waals surface area contributed by atoms with E-state index in [0.29, 0.717) is 6.61 Å². The van der Waals surface area contributed by atoms with Crippen LogP contribution in [-0.4, -0.2) is 19.7 Å². The minimum absolute atomic E-state index is 0.00161. The number of nitriles is 1. The minimum Gasteiger partial charge on any atom is -0.491 e. The van der Waals surface area contributed by atoms with Crippen molar-refractivity contribution in [2.75, 3.05) is 13.7 Å². The minimum atomic E-state index is -0.292. The van der Waals surface area contributed by atoms with Crippen LogP contribution in [0, 0.1) is 11.3 Å². The first-order valence-electron chi connectivity index (χ1n) is 7.44. The third-order valence-corrected chi connectivity index (χ3v) is 3.56. The molecule has 1 N–H and O–H groups in total. The molecule has 0 radical (unpaired) electrons. The van der Waals surface area contributed by atoms with Crippen molar-refractivity contribution in [1.82, 2.24) is 5.32 Å². The monoisotopic (exact) mass is 288 g/mol. The lowest BCUT2D eigenvalue weighted by molar-refractivity contribution is 0.287. The van der Waals surface area contributed by atoms with E-state index in [0.717, 1.165) is 5.75 Å².